The van der Waals surface area contributed by atoms with Gasteiger partial charge >= 0.3 is 0 Å². The van der Waals surface area contributed by atoms with E-state index < -0.39 is 5.41 Å². The summed E-state index contributed by atoms with van der Waals surface area (Å²) in [6, 6.07) is 7.30. The average molecular weight is 371 g/mol. The molecule has 6 nitrogen and oxygen atoms in total. The average Bonchev–Trinajstić information content (AvgIpc) is 3.45. The van der Waals surface area contributed by atoms with Crippen LogP contribution in [-0.4, -0.2) is 41.8 Å². The lowest BCUT2D eigenvalue weighted by atomic mass is 9.95. The van der Waals surface area contributed by atoms with Gasteiger partial charge in [0.15, 0.2) is 0 Å². The molecule has 1 atom stereocenters. The van der Waals surface area contributed by atoms with Crippen molar-refractivity contribution in [2.45, 2.75) is 52.5 Å². The molecule has 146 valence electrons. The van der Waals surface area contributed by atoms with Gasteiger partial charge in [-0.1, -0.05) is 20.8 Å². The third-order valence-corrected chi connectivity index (χ3v) is 5.07. The summed E-state index contributed by atoms with van der Waals surface area (Å²) < 4.78 is 0. The van der Waals surface area contributed by atoms with Crippen molar-refractivity contribution in [1.82, 2.24) is 10.2 Å². The van der Waals surface area contributed by atoms with Crippen LogP contribution in [0, 0.1) is 11.3 Å². The second kappa shape index (κ2) is 7.71. The summed E-state index contributed by atoms with van der Waals surface area (Å²) in [4.78, 5) is 38.9. The fourth-order valence-corrected chi connectivity index (χ4v) is 3.12. The van der Waals surface area contributed by atoms with E-state index in [-0.39, 0.29) is 23.6 Å². The number of hydrogen-bond acceptors (Lipinski definition) is 3. The Kier molecular flexibility index (Phi) is 5.53. The highest BCUT2D eigenvalue weighted by Gasteiger charge is 2.32. The lowest BCUT2D eigenvalue weighted by Gasteiger charge is -2.32. The summed E-state index contributed by atoms with van der Waals surface area (Å²) >= 11 is 0. The number of carbonyl (C=O) groups is 3. The Hall–Kier alpha value is -2.37. The summed E-state index contributed by atoms with van der Waals surface area (Å²) in [5.74, 6) is -0.168. The first kappa shape index (κ1) is 19.4. The highest BCUT2D eigenvalue weighted by molar-refractivity contribution is 5.97. The maximum atomic E-state index is 12.8. The first-order valence-corrected chi connectivity index (χ1v) is 9.75. The van der Waals surface area contributed by atoms with Crippen molar-refractivity contribution in [2.75, 3.05) is 18.4 Å². The van der Waals surface area contributed by atoms with Crippen molar-refractivity contribution in [3.05, 3.63) is 29.8 Å². The Morgan fingerprint density at radius 3 is 2.30 bits per heavy atom. The minimum absolute atomic E-state index is 0.0624. The lowest BCUT2D eigenvalue weighted by Crippen LogP contribution is -2.45. The number of anilines is 1. The molecule has 1 aromatic carbocycles. The van der Waals surface area contributed by atoms with Crippen LogP contribution in [0.3, 0.4) is 0 Å². The van der Waals surface area contributed by atoms with E-state index in [0.29, 0.717) is 30.4 Å². The molecule has 1 aromatic rings. The van der Waals surface area contributed by atoms with Crippen LogP contribution in [0.25, 0.3) is 0 Å². The van der Waals surface area contributed by atoms with E-state index in [2.05, 4.69) is 10.6 Å². The van der Waals surface area contributed by atoms with Gasteiger partial charge < -0.3 is 15.5 Å². The molecule has 1 unspecified atom stereocenters. The van der Waals surface area contributed by atoms with Crippen LogP contribution in [0.4, 0.5) is 5.69 Å². The van der Waals surface area contributed by atoms with E-state index in [1.54, 1.807) is 29.2 Å². The van der Waals surface area contributed by atoms with Crippen LogP contribution in [-0.2, 0) is 9.59 Å². The zero-order valence-corrected chi connectivity index (χ0v) is 16.4. The molecule has 1 saturated carbocycles. The Morgan fingerprint density at radius 1 is 1.04 bits per heavy atom. The molecule has 3 rings (SSSR count). The number of rotatable bonds is 4. The minimum Gasteiger partial charge on any atom is -0.353 e. The van der Waals surface area contributed by atoms with E-state index in [4.69, 9.17) is 0 Å². The Bertz CT molecular complexity index is 717. The monoisotopic (exact) mass is 371 g/mol. The molecule has 0 aromatic heterocycles. The minimum atomic E-state index is -0.474. The van der Waals surface area contributed by atoms with Crippen molar-refractivity contribution in [1.29, 1.82) is 0 Å². The van der Waals surface area contributed by atoms with Gasteiger partial charge in [0.05, 0.1) is 5.92 Å². The second-order valence-corrected chi connectivity index (χ2v) is 8.65. The summed E-state index contributed by atoms with van der Waals surface area (Å²) in [5, 5.41) is 5.90. The number of nitrogens with one attached hydrogen (secondary N) is 2. The van der Waals surface area contributed by atoms with Crippen LogP contribution >= 0.6 is 0 Å². The van der Waals surface area contributed by atoms with E-state index >= 15 is 0 Å². The number of likely N-dealkylation sites (tertiary alicyclic amines) is 1. The van der Waals surface area contributed by atoms with Gasteiger partial charge in [0.1, 0.15) is 0 Å². The maximum absolute atomic E-state index is 12.8. The Labute approximate surface area is 160 Å². The first-order valence-electron chi connectivity index (χ1n) is 9.75. The number of amides is 3. The third-order valence-electron chi connectivity index (χ3n) is 5.07. The van der Waals surface area contributed by atoms with Crippen molar-refractivity contribution < 1.29 is 14.4 Å². The van der Waals surface area contributed by atoms with E-state index in [1.807, 2.05) is 20.8 Å². The number of hydrogen-bond donors (Lipinski definition) is 2. The molecule has 6 heteroatoms. The third kappa shape index (κ3) is 5.08. The molecular weight excluding hydrogens is 342 g/mol. The van der Waals surface area contributed by atoms with Crippen LogP contribution in [0.15, 0.2) is 24.3 Å². The van der Waals surface area contributed by atoms with Crippen LogP contribution in [0.1, 0.15) is 56.8 Å². The maximum Gasteiger partial charge on any atom is 0.253 e. The van der Waals surface area contributed by atoms with Crippen LogP contribution in [0.2, 0.25) is 0 Å². The molecule has 2 fully saturated rings. The predicted octanol–water partition coefficient (Wildman–Crippen LogP) is 2.80. The second-order valence-electron chi connectivity index (χ2n) is 8.65. The van der Waals surface area contributed by atoms with E-state index in [9.17, 15) is 14.4 Å². The molecule has 2 N–H and O–H groups in total. The topological polar surface area (TPSA) is 78.5 Å². The highest BCUT2D eigenvalue weighted by atomic mass is 16.2. The quantitative estimate of drug-likeness (QED) is 0.854. The van der Waals surface area contributed by atoms with Gasteiger partial charge in [-0.3, -0.25) is 14.4 Å². The molecule has 1 heterocycles. The van der Waals surface area contributed by atoms with Gasteiger partial charge in [-0.05, 0) is 49.9 Å². The molecule has 2 aliphatic rings. The van der Waals surface area contributed by atoms with Crippen molar-refractivity contribution in [2.24, 2.45) is 11.3 Å². The molecule has 27 heavy (non-hydrogen) atoms. The number of carbonyl (C=O) groups excluding carboxylic acids is 3. The molecular formula is C21H29N3O3. The van der Waals surface area contributed by atoms with E-state index in [0.717, 1.165) is 25.7 Å². The van der Waals surface area contributed by atoms with Gasteiger partial charge in [-0.25, -0.2) is 0 Å². The SMILES string of the molecule is CC(C)(C)C(=O)Nc1ccc(C(=O)N2CCCC(C(=O)NC3CC3)C2)cc1. The lowest BCUT2D eigenvalue weighted by molar-refractivity contribution is -0.126. The number of benzene rings is 1. The molecule has 3 amide bonds. The normalized spacial score (nSPS) is 20.1. The van der Waals surface area contributed by atoms with Crippen LogP contribution < -0.4 is 10.6 Å². The van der Waals surface area contributed by atoms with Crippen molar-refractivity contribution in [3.63, 3.8) is 0 Å². The van der Waals surface area contributed by atoms with E-state index in [1.165, 1.54) is 0 Å². The van der Waals surface area contributed by atoms with Crippen molar-refractivity contribution in [3.8, 4) is 0 Å². The summed E-state index contributed by atoms with van der Waals surface area (Å²) in [6.07, 6.45) is 3.81. The molecule has 1 saturated heterocycles. The molecule has 0 bridgehead atoms. The van der Waals surface area contributed by atoms with Crippen molar-refractivity contribution >= 4 is 23.4 Å². The smallest absolute Gasteiger partial charge is 0.253 e. The molecule has 1 aliphatic heterocycles. The fraction of sp³-hybridized carbons (Fsp3) is 0.571. The number of nitrogens with zero attached hydrogens (tertiary/aromatic N) is 1. The predicted molar refractivity (Wildman–Crippen MR) is 104 cm³/mol. The molecule has 0 spiro atoms. The van der Waals surface area contributed by atoms with Gasteiger partial charge in [-0.2, -0.15) is 0 Å². The number of piperidine rings is 1. The summed E-state index contributed by atoms with van der Waals surface area (Å²) in [5.41, 5.74) is 0.775. The summed E-state index contributed by atoms with van der Waals surface area (Å²) in [6.45, 7) is 6.71. The molecule has 1 aliphatic carbocycles. The Balaban J connectivity index is 1.59. The zero-order chi connectivity index (χ0) is 19.6. The largest absolute Gasteiger partial charge is 0.353 e. The van der Waals surface area contributed by atoms with Gasteiger partial charge in [0, 0.05) is 35.8 Å². The summed E-state index contributed by atoms with van der Waals surface area (Å²) in [7, 11) is 0. The van der Waals surface area contributed by atoms with Gasteiger partial charge in [0.25, 0.3) is 5.91 Å². The first-order chi connectivity index (χ1) is 12.7. The van der Waals surface area contributed by atoms with Gasteiger partial charge in [-0.15, -0.1) is 0 Å². The highest BCUT2D eigenvalue weighted by Crippen LogP contribution is 2.23. The van der Waals surface area contributed by atoms with Gasteiger partial charge in [0.2, 0.25) is 11.8 Å². The fourth-order valence-electron chi connectivity index (χ4n) is 3.12. The van der Waals surface area contributed by atoms with Crippen LogP contribution in [0.5, 0.6) is 0 Å². The zero-order valence-electron chi connectivity index (χ0n) is 16.4. The standard InChI is InChI=1S/C21H29N3O3/c1-21(2,3)20(27)23-17-8-6-14(7-9-17)19(26)24-12-4-5-15(13-24)18(25)22-16-10-11-16/h6-9,15-16H,4-5,10-13H2,1-3H3,(H,22,25)(H,23,27). The Morgan fingerprint density at radius 2 is 1.70 bits per heavy atom. The molecule has 0 radical (unpaired) electrons.